The predicted molar refractivity (Wildman–Crippen MR) is 139 cm³/mol. The minimum absolute atomic E-state index is 0. The van der Waals surface area contributed by atoms with Gasteiger partial charge >= 0.3 is 10.4 Å². The molecule has 7 heteroatoms. The molecule has 0 saturated heterocycles. The average molecular weight is 487 g/mol. The van der Waals surface area contributed by atoms with E-state index in [0.717, 1.165) is 24.8 Å². The molecule has 6 nitrogen and oxygen atoms in total. The molecule has 0 spiro atoms. The fraction of sp³-hybridized carbons (Fsp3) is 0.769. The number of benzene rings is 1. The Balaban J connectivity index is 0.0000102. The topological polar surface area (TPSA) is 125 Å². The maximum absolute atomic E-state index is 11.4. The van der Waals surface area contributed by atoms with Gasteiger partial charge in [0.1, 0.15) is 5.60 Å². The molecule has 0 bridgehead atoms. The van der Waals surface area contributed by atoms with E-state index >= 15 is 0 Å². The molecule has 1 unspecified atom stereocenters. The molecule has 0 heterocycles. The van der Waals surface area contributed by atoms with Crippen LogP contribution in [0, 0.1) is 0 Å². The summed E-state index contributed by atoms with van der Waals surface area (Å²) >= 11 is 0. The van der Waals surface area contributed by atoms with Crippen molar-refractivity contribution in [1.82, 2.24) is 6.15 Å². The van der Waals surface area contributed by atoms with Crippen LogP contribution in [0.3, 0.4) is 0 Å². The Morgan fingerprint density at radius 3 is 1.58 bits per heavy atom. The molecule has 1 aromatic rings. The summed E-state index contributed by atoms with van der Waals surface area (Å²) < 4.78 is 37.1. The monoisotopic (exact) mass is 486 g/mol. The lowest BCUT2D eigenvalue weighted by Crippen LogP contribution is -2.56. The maximum atomic E-state index is 11.4. The molecule has 0 aliphatic heterocycles. The van der Waals surface area contributed by atoms with Crippen LogP contribution in [0.1, 0.15) is 123 Å². The van der Waals surface area contributed by atoms with Crippen LogP contribution in [-0.4, -0.2) is 18.6 Å². The number of hydrogen-bond donors (Lipinski definition) is 3. The molecule has 0 fully saturated rings. The van der Waals surface area contributed by atoms with Crippen LogP contribution in [0.4, 0.5) is 0 Å². The number of hydrogen-bond acceptors (Lipinski definition) is 5. The summed E-state index contributed by atoms with van der Waals surface area (Å²) in [7, 11) is -4.61. The molecule has 1 aromatic carbocycles. The van der Waals surface area contributed by atoms with Gasteiger partial charge in [-0.2, -0.15) is 8.42 Å². The van der Waals surface area contributed by atoms with E-state index in [1.807, 2.05) is 30.3 Å². The van der Waals surface area contributed by atoms with Crippen molar-refractivity contribution in [3.8, 4) is 0 Å². The van der Waals surface area contributed by atoms with Crippen LogP contribution in [-0.2, 0) is 20.1 Å². The fourth-order valence-corrected chi connectivity index (χ4v) is 5.14. The van der Waals surface area contributed by atoms with E-state index in [4.69, 9.17) is 9.92 Å². The van der Waals surface area contributed by atoms with Crippen molar-refractivity contribution in [3.05, 3.63) is 35.9 Å². The summed E-state index contributed by atoms with van der Waals surface area (Å²) in [6.45, 7) is 5.50. The fourth-order valence-electron chi connectivity index (χ4n) is 4.46. The Labute approximate surface area is 203 Å². The van der Waals surface area contributed by atoms with Gasteiger partial charge in [-0.1, -0.05) is 127 Å². The van der Waals surface area contributed by atoms with Crippen LogP contribution in [0.25, 0.3) is 0 Å². The highest BCUT2D eigenvalue weighted by Crippen LogP contribution is 2.38. The van der Waals surface area contributed by atoms with Gasteiger partial charge in [0.05, 0.1) is 5.54 Å². The zero-order valence-corrected chi connectivity index (χ0v) is 22.2. The van der Waals surface area contributed by atoms with Gasteiger partial charge in [-0.25, -0.2) is 4.18 Å². The Hall–Kier alpha value is -0.990. The zero-order valence-electron chi connectivity index (χ0n) is 21.4. The van der Waals surface area contributed by atoms with Gasteiger partial charge in [0.25, 0.3) is 0 Å². The number of rotatable bonds is 19. The molecule has 0 aromatic heterocycles. The van der Waals surface area contributed by atoms with Gasteiger partial charge in [-0.05, 0) is 25.8 Å². The molecule has 6 N–H and O–H groups in total. The summed E-state index contributed by atoms with van der Waals surface area (Å²) in [4.78, 5) is 0. The van der Waals surface area contributed by atoms with E-state index in [0.29, 0.717) is 6.42 Å². The highest BCUT2D eigenvalue weighted by atomic mass is 32.3. The van der Waals surface area contributed by atoms with Crippen LogP contribution in [0.5, 0.6) is 0 Å². The van der Waals surface area contributed by atoms with Gasteiger partial charge in [0.15, 0.2) is 0 Å². The summed E-state index contributed by atoms with van der Waals surface area (Å²) in [5.41, 5.74) is 5.25. The first-order valence-corrected chi connectivity index (χ1v) is 14.0. The molecule has 194 valence electrons. The molecule has 0 amide bonds. The van der Waals surface area contributed by atoms with Crippen LogP contribution in [0.2, 0.25) is 0 Å². The first-order chi connectivity index (χ1) is 15.1. The van der Waals surface area contributed by atoms with Crippen molar-refractivity contribution in [2.24, 2.45) is 5.73 Å². The predicted octanol–water partition coefficient (Wildman–Crippen LogP) is 7.47. The maximum Gasteiger partial charge on any atom is 0.397 e. The summed E-state index contributed by atoms with van der Waals surface area (Å²) in [5, 5.41) is 0. The second-order valence-electron chi connectivity index (χ2n) is 9.70. The lowest BCUT2D eigenvalue weighted by atomic mass is 9.74. The summed E-state index contributed by atoms with van der Waals surface area (Å²) in [5.74, 6) is 0. The van der Waals surface area contributed by atoms with Gasteiger partial charge in [-0.15, -0.1) is 0 Å². The molecule has 0 saturated carbocycles. The first kappa shape index (κ1) is 32.0. The van der Waals surface area contributed by atoms with Crippen molar-refractivity contribution >= 4 is 10.4 Å². The quantitative estimate of drug-likeness (QED) is 0.137. The Morgan fingerprint density at radius 2 is 1.18 bits per heavy atom. The van der Waals surface area contributed by atoms with E-state index in [9.17, 15) is 13.0 Å². The van der Waals surface area contributed by atoms with Crippen LogP contribution < -0.4 is 11.9 Å². The minimum Gasteiger partial charge on any atom is -0.344 e. The van der Waals surface area contributed by atoms with Crippen molar-refractivity contribution < 1.29 is 17.2 Å². The summed E-state index contributed by atoms with van der Waals surface area (Å²) in [6.07, 6.45) is 18.4. The van der Waals surface area contributed by atoms with Crippen LogP contribution in [0.15, 0.2) is 30.3 Å². The van der Waals surface area contributed by atoms with Gasteiger partial charge in [0, 0.05) is 0 Å². The Bertz CT molecular complexity index is 710. The molecule has 0 aliphatic carbocycles. The molecule has 1 atom stereocenters. The average Bonchev–Trinajstić information content (AvgIpc) is 2.72. The Kier molecular flexibility index (Phi) is 16.1. The molecule has 1 rings (SSSR count). The van der Waals surface area contributed by atoms with Gasteiger partial charge in [0.2, 0.25) is 0 Å². The van der Waals surface area contributed by atoms with E-state index in [2.05, 4.69) is 6.92 Å². The highest BCUT2D eigenvalue weighted by molar-refractivity contribution is 7.80. The third kappa shape index (κ3) is 12.9. The normalized spacial score (nSPS) is 14.0. The zero-order chi connectivity index (χ0) is 23.9. The standard InChI is InChI=1S/C26H47NO4S.H3N/c1-4-5-6-7-8-9-10-11-12-13-14-15-16-20-23-26(27,24-21-18-17-19-22-24)25(2,3)31-32(28,29)30;/h17-19,21-22H,4-16,20,23,27H2,1-3H3,(H,28,29,30);1H3. The molecule has 0 radical (unpaired) electrons. The third-order valence-corrected chi connectivity index (χ3v) is 7.23. The number of nitrogens with two attached hydrogens (primary N) is 1. The van der Waals surface area contributed by atoms with Gasteiger partial charge < -0.3 is 11.9 Å². The molecule has 33 heavy (non-hydrogen) atoms. The lowest BCUT2D eigenvalue weighted by molar-refractivity contribution is 0.00995. The largest absolute Gasteiger partial charge is 0.397 e. The first-order valence-electron chi connectivity index (χ1n) is 12.6. The highest BCUT2D eigenvalue weighted by Gasteiger charge is 2.46. The Morgan fingerprint density at radius 1 is 0.788 bits per heavy atom. The van der Waals surface area contributed by atoms with Crippen molar-refractivity contribution in [1.29, 1.82) is 0 Å². The minimum atomic E-state index is -4.61. The van der Waals surface area contributed by atoms with E-state index in [1.165, 1.54) is 70.6 Å². The van der Waals surface area contributed by atoms with Crippen molar-refractivity contribution in [2.75, 3.05) is 0 Å². The second-order valence-corrected chi connectivity index (χ2v) is 10.7. The van der Waals surface area contributed by atoms with Gasteiger partial charge in [-0.3, -0.25) is 4.55 Å². The van der Waals surface area contributed by atoms with E-state index < -0.39 is 21.5 Å². The summed E-state index contributed by atoms with van der Waals surface area (Å²) in [6, 6.07) is 9.43. The van der Waals surface area contributed by atoms with Crippen LogP contribution >= 0.6 is 0 Å². The van der Waals surface area contributed by atoms with Crippen molar-refractivity contribution in [2.45, 2.75) is 128 Å². The second kappa shape index (κ2) is 16.6. The smallest absolute Gasteiger partial charge is 0.344 e. The number of unbranched alkanes of at least 4 members (excludes halogenated alkanes) is 13. The third-order valence-electron chi connectivity index (χ3n) is 6.60. The molecular formula is C26H50N2O4S. The van der Waals surface area contributed by atoms with E-state index in [1.54, 1.807) is 13.8 Å². The van der Waals surface area contributed by atoms with E-state index in [-0.39, 0.29) is 6.15 Å². The SMILES string of the molecule is CCCCCCCCCCCCCCCCC(N)(c1ccccc1)C(C)(C)OS(=O)(=O)O.N. The molecule has 0 aliphatic rings. The van der Waals surface area contributed by atoms with Crippen molar-refractivity contribution in [3.63, 3.8) is 0 Å². The molecular weight excluding hydrogens is 436 g/mol. The lowest BCUT2D eigenvalue weighted by Gasteiger charge is -2.43.